The molecule has 5 heteroatoms. The lowest BCUT2D eigenvalue weighted by Gasteiger charge is -2.01. The lowest BCUT2D eigenvalue weighted by atomic mass is 10.2. The van der Waals surface area contributed by atoms with Crippen LogP contribution >= 0.6 is 0 Å². The van der Waals surface area contributed by atoms with E-state index in [9.17, 15) is 4.79 Å². The van der Waals surface area contributed by atoms with Crippen LogP contribution in [0.5, 0.6) is 5.75 Å². The second kappa shape index (κ2) is 5.28. The molecule has 0 fully saturated rings. The number of aryl methyl sites for hydroxylation is 1. The summed E-state index contributed by atoms with van der Waals surface area (Å²) in [6.45, 7) is 1.83. The quantitative estimate of drug-likeness (QED) is 0.642. The molecular formula is C16H13NO4. The monoisotopic (exact) mass is 283 g/mol. The Hall–Kier alpha value is -2.82. The van der Waals surface area contributed by atoms with Crippen molar-refractivity contribution in [1.29, 1.82) is 0 Å². The third kappa shape index (κ3) is 2.72. The van der Waals surface area contributed by atoms with Crippen LogP contribution in [0.15, 0.2) is 51.5 Å². The molecule has 3 rings (SSSR count). The fraction of sp³-hybridized carbons (Fsp3) is 0.125. The molecule has 0 saturated carbocycles. The highest BCUT2D eigenvalue weighted by Crippen LogP contribution is 2.21. The predicted molar refractivity (Wildman–Crippen MR) is 77.0 cm³/mol. The van der Waals surface area contributed by atoms with E-state index in [0.29, 0.717) is 11.3 Å². The van der Waals surface area contributed by atoms with Crippen molar-refractivity contribution >= 4 is 17.9 Å². The molecule has 1 aliphatic rings. The van der Waals surface area contributed by atoms with Crippen LogP contribution in [0.1, 0.15) is 17.1 Å². The zero-order valence-electron chi connectivity index (χ0n) is 11.6. The Bertz CT molecular complexity index is 738. The molecule has 2 aromatic rings. The molecule has 0 bridgehead atoms. The number of rotatable bonds is 3. The van der Waals surface area contributed by atoms with E-state index in [-0.39, 0.29) is 11.6 Å². The maximum absolute atomic E-state index is 11.8. The van der Waals surface area contributed by atoms with Crippen LogP contribution < -0.4 is 4.74 Å². The number of furan rings is 1. The Morgan fingerprint density at radius 2 is 1.90 bits per heavy atom. The van der Waals surface area contributed by atoms with Gasteiger partial charge in [0, 0.05) is 11.6 Å². The van der Waals surface area contributed by atoms with Crippen LogP contribution in [-0.2, 0) is 9.53 Å². The molecule has 5 nitrogen and oxygen atoms in total. The highest BCUT2D eigenvalue weighted by atomic mass is 16.6. The molecule has 0 radical (unpaired) electrons. The van der Waals surface area contributed by atoms with Gasteiger partial charge in [-0.15, -0.1) is 0 Å². The van der Waals surface area contributed by atoms with Gasteiger partial charge in [0.15, 0.2) is 5.70 Å². The maximum atomic E-state index is 11.8. The smallest absolute Gasteiger partial charge is 0.363 e. The number of cyclic esters (lactones) is 1. The molecule has 0 unspecified atom stereocenters. The van der Waals surface area contributed by atoms with Crippen molar-refractivity contribution in [1.82, 2.24) is 0 Å². The second-order valence-corrected chi connectivity index (χ2v) is 4.51. The Balaban J connectivity index is 1.89. The van der Waals surface area contributed by atoms with Crippen molar-refractivity contribution in [3.8, 4) is 5.75 Å². The molecule has 1 aromatic heterocycles. The van der Waals surface area contributed by atoms with E-state index < -0.39 is 5.97 Å². The number of hydrogen-bond acceptors (Lipinski definition) is 5. The number of benzene rings is 1. The van der Waals surface area contributed by atoms with E-state index >= 15 is 0 Å². The van der Waals surface area contributed by atoms with E-state index in [4.69, 9.17) is 13.9 Å². The molecule has 1 aromatic carbocycles. The number of esters is 1. The third-order valence-corrected chi connectivity index (χ3v) is 3.00. The number of nitrogens with zero attached hydrogens (tertiary/aromatic N) is 1. The van der Waals surface area contributed by atoms with E-state index in [2.05, 4.69) is 4.99 Å². The molecule has 21 heavy (non-hydrogen) atoms. The van der Waals surface area contributed by atoms with Crippen LogP contribution in [0.3, 0.4) is 0 Å². The van der Waals surface area contributed by atoms with E-state index in [1.54, 1.807) is 43.5 Å². The molecule has 0 spiro atoms. The fourth-order valence-electron chi connectivity index (χ4n) is 1.93. The average Bonchev–Trinajstić information content (AvgIpc) is 3.06. The summed E-state index contributed by atoms with van der Waals surface area (Å²) < 4.78 is 15.7. The van der Waals surface area contributed by atoms with Gasteiger partial charge >= 0.3 is 5.97 Å². The number of ether oxygens (including phenoxy) is 2. The Kier molecular flexibility index (Phi) is 3.31. The lowest BCUT2D eigenvalue weighted by Crippen LogP contribution is -2.05. The first-order valence-corrected chi connectivity index (χ1v) is 6.39. The van der Waals surface area contributed by atoms with Gasteiger partial charge in [0.1, 0.15) is 17.3 Å². The van der Waals surface area contributed by atoms with Gasteiger partial charge in [0.05, 0.1) is 7.11 Å². The summed E-state index contributed by atoms with van der Waals surface area (Å²) in [4.78, 5) is 16.0. The zero-order chi connectivity index (χ0) is 14.8. The number of hydrogen-bond donors (Lipinski definition) is 0. The number of aliphatic imine (C=N–C) groups is 1. The van der Waals surface area contributed by atoms with Crippen LogP contribution in [0.25, 0.3) is 6.08 Å². The molecule has 2 heterocycles. The standard InChI is InChI=1S/C16H13NO4/c1-10-3-6-13(20-10)9-14-16(18)21-15(17-14)11-4-7-12(19-2)8-5-11/h3-9H,1-2H3. The summed E-state index contributed by atoms with van der Waals surface area (Å²) in [6, 6.07) is 10.7. The topological polar surface area (TPSA) is 61.0 Å². The highest BCUT2D eigenvalue weighted by molar-refractivity contribution is 6.12. The summed E-state index contributed by atoms with van der Waals surface area (Å²) in [7, 11) is 1.59. The van der Waals surface area contributed by atoms with Gasteiger partial charge in [0.25, 0.3) is 0 Å². The minimum absolute atomic E-state index is 0.218. The molecule has 0 amide bonds. The van der Waals surface area contributed by atoms with E-state index in [0.717, 1.165) is 11.5 Å². The Morgan fingerprint density at radius 1 is 1.14 bits per heavy atom. The van der Waals surface area contributed by atoms with Gasteiger partial charge in [-0.25, -0.2) is 9.79 Å². The molecule has 0 aliphatic carbocycles. The van der Waals surface area contributed by atoms with Gasteiger partial charge in [-0.1, -0.05) is 0 Å². The van der Waals surface area contributed by atoms with Crippen LogP contribution in [0, 0.1) is 6.92 Å². The van der Waals surface area contributed by atoms with Gasteiger partial charge < -0.3 is 13.9 Å². The van der Waals surface area contributed by atoms with Gasteiger partial charge in [-0.05, 0) is 43.3 Å². The highest BCUT2D eigenvalue weighted by Gasteiger charge is 2.24. The number of carbonyl (C=O) groups is 1. The Morgan fingerprint density at radius 3 is 2.52 bits per heavy atom. The SMILES string of the molecule is COc1ccc(C2=NC(=Cc3ccc(C)o3)C(=O)O2)cc1. The first-order valence-electron chi connectivity index (χ1n) is 6.39. The summed E-state index contributed by atoms with van der Waals surface area (Å²) in [6.07, 6.45) is 1.56. The second-order valence-electron chi connectivity index (χ2n) is 4.51. The van der Waals surface area contributed by atoms with Crippen LogP contribution in [-0.4, -0.2) is 19.0 Å². The normalized spacial score (nSPS) is 16.0. The first kappa shape index (κ1) is 13.2. The minimum Gasteiger partial charge on any atom is -0.497 e. The van der Waals surface area contributed by atoms with Crippen molar-refractivity contribution in [3.63, 3.8) is 0 Å². The van der Waals surface area contributed by atoms with Crippen LogP contribution in [0.2, 0.25) is 0 Å². The Labute approximate surface area is 121 Å². The number of methoxy groups -OCH3 is 1. The summed E-state index contributed by atoms with van der Waals surface area (Å²) in [5.74, 6) is 1.85. The minimum atomic E-state index is -0.491. The summed E-state index contributed by atoms with van der Waals surface area (Å²) >= 11 is 0. The average molecular weight is 283 g/mol. The molecule has 0 N–H and O–H groups in total. The van der Waals surface area contributed by atoms with E-state index in [1.165, 1.54) is 0 Å². The zero-order valence-corrected chi connectivity index (χ0v) is 11.6. The van der Waals surface area contributed by atoms with Gasteiger partial charge in [-0.2, -0.15) is 0 Å². The molecule has 1 aliphatic heterocycles. The van der Waals surface area contributed by atoms with E-state index in [1.807, 2.05) is 13.0 Å². The molecule has 0 atom stereocenters. The van der Waals surface area contributed by atoms with Crippen molar-refractivity contribution in [2.24, 2.45) is 4.99 Å². The predicted octanol–water partition coefficient (Wildman–Crippen LogP) is 2.94. The number of carbonyl (C=O) groups excluding carboxylic acids is 1. The van der Waals surface area contributed by atoms with Crippen molar-refractivity contribution in [3.05, 3.63) is 59.2 Å². The van der Waals surface area contributed by atoms with Gasteiger partial charge in [0.2, 0.25) is 5.90 Å². The maximum Gasteiger partial charge on any atom is 0.363 e. The summed E-state index contributed by atoms with van der Waals surface area (Å²) in [5, 5.41) is 0. The van der Waals surface area contributed by atoms with Gasteiger partial charge in [-0.3, -0.25) is 0 Å². The lowest BCUT2D eigenvalue weighted by molar-refractivity contribution is -0.129. The van der Waals surface area contributed by atoms with Crippen molar-refractivity contribution < 1.29 is 18.7 Å². The van der Waals surface area contributed by atoms with Crippen molar-refractivity contribution in [2.75, 3.05) is 7.11 Å². The fourth-order valence-corrected chi connectivity index (χ4v) is 1.93. The first-order chi connectivity index (χ1) is 10.2. The van der Waals surface area contributed by atoms with Crippen molar-refractivity contribution in [2.45, 2.75) is 6.92 Å². The largest absolute Gasteiger partial charge is 0.497 e. The molecule has 0 saturated heterocycles. The van der Waals surface area contributed by atoms with Crippen LogP contribution in [0.4, 0.5) is 0 Å². The summed E-state index contributed by atoms with van der Waals surface area (Å²) in [5.41, 5.74) is 0.929. The third-order valence-electron chi connectivity index (χ3n) is 3.00. The molecular weight excluding hydrogens is 270 g/mol. The molecule has 106 valence electrons.